The van der Waals surface area contributed by atoms with E-state index in [1.54, 1.807) is 0 Å². The molecule has 1 atom stereocenters. The lowest BCUT2D eigenvalue weighted by molar-refractivity contribution is -0.161. The second-order valence-corrected chi connectivity index (χ2v) is 14.7. The van der Waals surface area contributed by atoms with Crippen LogP contribution in [0.2, 0.25) is 0 Å². The van der Waals surface area contributed by atoms with Gasteiger partial charge in [0.15, 0.2) is 6.10 Å². The van der Waals surface area contributed by atoms with Crippen LogP contribution >= 0.6 is 0 Å². The molecule has 0 fully saturated rings. The number of ether oxygens (including phenoxy) is 2. The number of hydrogen-bond donors (Lipinski definition) is 1. The molecule has 0 spiro atoms. The topological polar surface area (TPSA) is 72.8 Å². The van der Waals surface area contributed by atoms with E-state index < -0.39 is 6.10 Å². The second-order valence-electron chi connectivity index (χ2n) is 14.7. The molecule has 0 radical (unpaired) electrons. The van der Waals surface area contributed by atoms with Crippen molar-refractivity contribution in [1.29, 1.82) is 0 Å². The van der Waals surface area contributed by atoms with Crippen LogP contribution in [-0.4, -0.2) is 36.4 Å². The summed E-state index contributed by atoms with van der Waals surface area (Å²) in [5.41, 5.74) is 0. The molecule has 0 rings (SSSR count). The van der Waals surface area contributed by atoms with Gasteiger partial charge in [-0.05, 0) is 89.9 Å². The van der Waals surface area contributed by atoms with Crippen LogP contribution in [0.3, 0.4) is 0 Å². The number of aliphatic hydroxyl groups excluding tert-OH is 1. The van der Waals surface area contributed by atoms with Gasteiger partial charge in [-0.1, -0.05) is 188 Å². The lowest BCUT2D eigenvalue weighted by Crippen LogP contribution is -2.28. The Morgan fingerprint density at radius 2 is 0.714 bits per heavy atom. The van der Waals surface area contributed by atoms with Crippen LogP contribution in [0.1, 0.15) is 194 Å². The third kappa shape index (κ3) is 43.5. The Labute approximate surface area is 345 Å². The SMILES string of the molecule is CC/C=C\C/C=C\C/C=C\C/C=C\C/C=C\CCCCCCCCCCCCCC(=O)OC(CO)COC(=O)CCCCCCC/C=C\C/C=C\C/C=C\CC. The molecule has 0 saturated carbocycles. The molecule has 0 aliphatic rings. The van der Waals surface area contributed by atoms with E-state index in [1.165, 1.54) is 64.2 Å². The van der Waals surface area contributed by atoms with Crippen molar-refractivity contribution in [1.82, 2.24) is 0 Å². The van der Waals surface area contributed by atoms with Crippen LogP contribution < -0.4 is 0 Å². The first kappa shape index (κ1) is 52.8. The minimum absolute atomic E-state index is 0.0810. The number of allylic oxidation sites excluding steroid dienone is 16. The molecule has 56 heavy (non-hydrogen) atoms. The predicted molar refractivity (Wildman–Crippen MR) is 242 cm³/mol. The monoisotopic (exact) mass is 777 g/mol. The largest absolute Gasteiger partial charge is 0.462 e. The van der Waals surface area contributed by atoms with Gasteiger partial charge in [-0.2, -0.15) is 0 Å². The Kier molecular flexibility index (Phi) is 43.6. The zero-order chi connectivity index (χ0) is 40.7. The number of carbonyl (C=O) groups is 2. The normalized spacial score (nSPS) is 13.1. The fraction of sp³-hybridized carbons (Fsp3) is 0.647. The van der Waals surface area contributed by atoms with E-state index in [-0.39, 0.29) is 25.2 Å². The van der Waals surface area contributed by atoms with Crippen molar-refractivity contribution >= 4 is 11.9 Å². The average molecular weight is 777 g/mol. The summed E-state index contributed by atoms with van der Waals surface area (Å²) in [6.07, 6.45) is 64.8. The Morgan fingerprint density at radius 3 is 1.07 bits per heavy atom. The van der Waals surface area contributed by atoms with Crippen LogP contribution in [-0.2, 0) is 19.1 Å². The smallest absolute Gasteiger partial charge is 0.306 e. The van der Waals surface area contributed by atoms with Crippen molar-refractivity contribution < 1.29 is 24.2 Å². The predicted octanol–water partition coefficient (Wildman–Crippen LogP) is 14.8. The fourth-order valence-corrected chi connectivity index (χ4v) is 6.01. The van der Waals surface area contributed by atoms with Gasteiger partial charge < -0.3 is 14.6 Å². The Balaban J connectivity index is 3.57. The number of carbonyl (C=O) groups excluding carboxylic acids is 2. The molecule has 0 heterocycles. The molecule has 1 unspecified atom stereocenters. The van der Waals surface area contributed by atoms with E-state index in [0.29, 0.717) is 12.8 Å². The van der Waals surface area contributed by atoms with Gasteiger partial charge in [0.1, 0.15) is 6.61 Å². The molecule has 0 amide bonds. The zero-order valence-corrected chi connectivity index (χ0v) is 36.1. The van der Waals surface area contributed by atoms with Crippen LogP contribution in [0.4, 0.5) is 0 Å². The molecule has 1 N–H and O–H groups in total. The molecule has 0 aromatic rings. The third-order valence-corrected chi connectivity index (χ3v) is 9.37. The average Bonchev–Trinajstić information content (AvgIpc) is 3.20. The molecular formula is C51H84O5. The van der Waals surface area contributed by atoms with Gasteiger partial charge in [0.2, 0.25) is 0 Å². The fourth-order valence-electron chi connectivity index (χ4n) is 6.01. The Hall–Kier alpha value is -3.18. The number of hydrogen-bond acceptors (Lipinski definition) is 5. The number of aliphatic hydroxyl groups is 1. The van der Waals surface area contributed by atoms with Crippen LogP contribution in [0, 0.1) is 0 Å². The van der Waals surface area contributed by atoms with Gasteiger partial charge in [0.05, 0.1) is 6.61 Å². The quantitative estimate of drug-likeness (QED) is 0.0381. The van der Waals surface area contributed by atoms with Gasteiger partial charge in [-0.15, -0.1) is 0 Å². The van der Waals surface area contributed by atoms with E-state index in [4.69, 9.17) is 9.47 Å². The summed E-state index contributed by atoms with van der Waals surface area (Å²) in [7, 11) is 0. The molecule has 5 nitrogen and oxygen atoms in total. The van der Waals surface area contributed by atoms with E-state index in [1.807, 2.05) is 0 Å². The summed E-state index contributed by atoms with van der Waals surface area (Å²) in [4.78, 5) is 24.4. The highest BCUT2D eigenvalue weighted by atomic mass is 16.6. The van der Waals surface area contributed by atoms with Crippen LogP contribution in [0.25, 0.3) is 0 Å². The van der Waals surface area contributed by atoms with Crippen molar-refractivity contribution in [2.24, 2.45) is 0 Å². The number of unbranched alkanes of at least 4 members (excludes halogenated alkanes) is 16. The second kappa shape index (κ2) is 46.2. The number of esters is 2. The maximum absolute atomic E-state index is 12.2. The molecule has 0 aromatic heterocycles. The standard InChI is InChI=1S/C51H84O5/c1-3-5-7-9-11-13-15-17-19-20-21-22-23-24-25-26-27-28-29-30-32-34-36-38-40-42-44-46-51(54)56-49(47-52)48-55-50(53)45-43-41-39-37-35-33-31-18-16-14-12-10-8-6-4-2/h5-8,11-14,17-19,21-22,24-25,31,49,52H,3-4,9-10,15-16,20,23,26-30,32-48H2,1-2H3/b7-5-,8-6-,13-11-,14-12-,19-17-,22-21-,25-24-,31-18-. The molecule has 0 saturated heterocycles. The van der Waals surface area contributed by atoms with Crippen molar-refractivity contribution in [3.05, 3.63) is 97.2 Å². The highest BCUT2D eigenvalue weighted by Gasteiger charge is 2.16. The molecule has 0 aliphatic carbocycles. The van der Waals surface area contributed by atoms with Gasteiger partial charge in [-0.3, -0.25) is 9.59 Å². The first-order valence-electron chi connectivity index (χ1n) is 22.8. The third-order valence-electron chi connectivity index (χ3n) is 9.37. The summed E-state index contributed by atoms with van der Waals surface area (Å²) in [6.45, 7) is 3.89. The summed E-state index contributed by atoms with van der Waals surface area (Å²) in [5, 5.41) is 9.59. The van der Waals surface area contributed by atoms with Crippen molar-refractivity contribution in [2.75, 3.05) is 13.2 Å². The molecule has 0 aliphatic heterocycles. The van der Waals surface area contributed by atoms with Crippen molar-refractivity contribution in [3.8, 4) is 0 Å². The first-order chi connectivity index (χ1) is 27.6. The minimum Gasteiger partial charge on any atom is -0.462 e. The van der Waals surface area contributed by atoms with E-state index >= 15 is 0 Å². The summed E-state index contributed by atoms with van der Waals surface area (Å²) < 4.78 is 10.6. The maximum atomic E-state index is 12.2. The van der Waals surface area contributed by atoms with Gasteiger partial charge >= 0.3 is 11.9 Å². The van der Waals surface area contributed by atoms with Crippen molar-refractivity contribution in [3.63, 3.8) is 0 Å². The lowest BCUT2D eigenvalue weighted by Gasteiger charge is -2.15. The zero-order valence-electron chi connectivity index (χ0n) is 36.1. The maximum Gasteiger partial charge on any atom is 0.306 e. The lowest BCUT2D eigenvalue weighted by atomic mass is 10.0. The molecule has 0 aromatic carbocycles. The first-order valence-corrected chi connectivity index (χ1v) is 22.8. The minimum atomic E-state index is -0.786. The Bertz CT molecular complexity index is 1110. The highest BCUT2D eigenvalue weighted by Crippen LogP contribution is 2.14. The summed E-state index contributed by atoms with van der Waals surface area (Å²) in [6, 6.07) is 0. The molecule has 0 bridgehead atoms. The van der Waals surface area contributed by atoms with Gasteiger partial charge in [0, 0.05) is 12.8 Å². The summed E-state index contributed by atoms with van der Waals surface area (Å²) >= 11 is 0. The number of rotatable bonds is 40. The van der Waals surface area contributed by atoms with E-state index in [0.717, 1.165) is 103 Å². The van der Waals surface area contributed by atoms with Crippen LogP contribution in [0.15, 0.2) is 97.2 Å². The van der Waals surface area contributed by atoms with Gasteiger partial charge in [0.25, 0.3) is 0 Å². The highest BCUT2D eigenvalue weighted by molar-refractivity contribution is 5.70. The molecular weight excluding hydrogens is 693 g/mol. The van der Waals surface area contributed by atoms with Gasteiger partial charge in [-0.25, -0.2) is 0 Å². The van der Waals surface area contributed by atoms with E-state index in [2.05, 4.69) is 111 Å². The summed E-state index contributed by atoms with van der Waals surface area (Å²) in [5.74, 6) is -0.620. The molecule has 5 heteroatoms. The van der Waals surface area contributed by atoms with E-state index in [9.17, 15) is 14.7 Å². The van der Waals surface area contributed by atoms with Crippen LogP contribution in [0.5, 0.6) is 0 Å². The van der Waals surface area contributed by atoms with Crippen molar-refractivity contribution in [2.45, 2.75) is 200 Å². The Morgan fingerprint density at radius 1 is 0.411 bits per heavy atom. The molecule has 318 valence electrons.